The van der Waals surface area contributed by atoms with E-state index >= 15 is 0 Å². The number of aliphatic carboxylic acids is 1. The number of anilines is 2. The molecule has 5 nitrogen and oxygen atoms in total. The smallest absolute Gasteiger partial charge is 0.416 e. The maximum absolute atomic E-state index is 13.0. The Hall–Kier alpha value is -2.25. The van der Waals surface area contributed by atoms with Crippen LogP contribution in [0.5, 0.6) is 0 Å². The number of halogens is 3. The van der Waals surface area contributed by atoms with Gasteiger partial charge >= 0.3 is 12.1 Å². The zero-order valence-electron chi connectivity index (χ0n) is 14.6. The average molecular weight is 372 g/mol. The van der Waals surface area contributed by atoms with Crippen molar-refractivity contribution in [3.8, 4) is 0 Å². The molecule has 26 heavy (non-hydrogen) atoms. The summed E-state index contributed by atoms with van der Waals surface area (Å²) >= 11 is 0. The van der Waals surface area contributed by atoms with E-state index in [2.05, 4.69) is 5.32 Å². The van der Waals surface area contributed by atoms with Crippen molar-refractivity contribution in [2.45, 2.75) is 57.2 Å². The molecule has 1 aromatic carbocycles. The lowest BCUT2D eigenvalue weighted by molar-refractivity contribution is -0.138. The van der Waals surface area contributed by atoms with Crippen LogP contribution in [-0.2, 0) is 15.8 Å². The number of carboxylic acid groups (broad SMARTS) is 1. The SMILES string of the molecule is CN(c1ccc(C(F)(F)F)cc1NC(=O)CCC(=O)O)C1CCCCC1. The Balaban J connectivity index is 2.27. The lowest BCUT2D eigenvalue weighted by Gasteiger charge is -2.34. The molecule has 0 aromatic heterocycles. The summed E-state index contributed by atoms with van der Waals surface area (Å²) in [4.78, 5) is 24.5. The summed E-state index contributed by atoms with van der Waals surface area (Å²) in [5.41, 5.74) is -0.288. The van der Waals surface area contributed by atoms with Crippen LogP contribution in [0.15, 0.2) is 18.2 Å². The number of carboxylic acids is 1. The van der Waals surface area contributed by atoms with E-state index in [0.717, 1.165) is 44.2 Å². The van der Waals surface area contributed by atoms with Crippen LogP contribution in [0.3, 0.4) is 0 Å². The molecule has 1 fully saturated rings. The van der Waals surface area contributed by atoms with Gasteiger partial charge in [0.05, 0.1) is 23.4 Å². The largest absolute Gasteiger partial charge is 0.481 e. The van der Waals surface area contributed by atoms with Crippen molar-refractivity contribution in [1.29, 1.82) is 0 Å². The Morgan fingerprint density at radius 2 is 1.85 bits per heavy atom. The standard InChI is InChI=1S/C18H23F3N2O3/c1-23(13-5-3-2-4-6-13)15-8-7-12(18(19,20)21)11-14(15)22-16(24)9-10-17(25)26/h7-8,11,13H,2-6,9-10H2,1H3,(H,22,24)(H,25,26). The molecule has 8 heteroatoms. The number of carbonyl (C=O) groups is 2. The van der Waals surface area contributed by atoms with Crippen molar-refractivity contribution in [2.24, 2.45) is 0 Å². The molecule has 2 N–H and O–H groups in total. The fourth-order valence-electron chi connectivity index (χ4n) is 3.22. The van der Waals surface area contributed by atoms with Gasteiger partial charge in [0.25, 0.3) is 0 Å². The summed E-state index contributed by atoms with van der Waals surface area (Å²) in [6, 6.07) is 3.48. The quantitative estimate of drug-likeness (QED) is 0.782. The molecule has 0 bridgehead atoms. The molecule has 1 amide bonds. The molecule has 1 saturated carbocycles. The number of nitrogens with zero attached hydrogens (tertiary/aromatic N) is 1. The second-order valence-corrected chi connectivity index (χ2v) is 6.57. The van der Waals surface area contributed by atoms with E-state index < -0.39 is 23.6 Å². The van der Waals surface area contributed by atoms with Crippen molar-refractivity contribution in [1.82, 2.24) is 0 Å². The van der Waals surface area contributed by atoms with E-state index in [4.69, 9.17) is 5.11 Å². The summed E-state index contributed by atoms with van der Waals surface area (Å²) in [7, 11) is 1.81. The first-order chi connectivity index (χ1) is 12.2. The van der Waals surface area contributed by atoms with Crippen LogP contribution >= 0.6 is 0 Å². The molecule has 144 valence electrons. The third kappa shape index (κ3) is 5.37. The molecular weight excluding hydrogens is 349 g/mol. The first kappa shape index (κ1) is 20.1. The van der Waals surface area contributed by atoms with Crippen LogP contribution in [0.2, 0.25) is 0 Å². The Labute approximate surface area is 150 Å². The van der Waals surface area contributed by atoms with E-state index in [1.165, 1.54) is 6.07 Å². The van der Waals surface area contributed by atoms with Crippen LogP contribution in [0.1, 0.15) is 50.5 Å². The minimum absolute atomic E-state index is 0.0586. The predicted molar refractivity (Wildman–Crippen MR) is 92.2 cm³/mol. The van der Waals surface area contributed by atoms with Gasteiger partial charge in [0, 0.05) is 19.5 Å². The van der Waals surface area contributed by atoms with Crippen molar-refractivity contribution in [3.05, 3.63) is 23.8 Å². The van der Waals surface area contributed by atoms with Crippen molar-refractivity contribution in [2.75, 3.05) is 17.3 Å². The van der Waals surface area contributed by atoms with Crippen molar-refractivity contribution in [3.63, 3.8) is 0 Å². The monoisotopic (exact) mass is 372 g/mol. The van der Waals surface area contributed by atoms with Crippen LogP contribution < -0.4 is 10.2 Å². The highest BCUT2D eigenvalue weighted by atomic mass is 19.4. The van der Waals surface area contributed by atoms with Gasteiger partial charge < -0.3 is 15.3 Å². The Kier molecular flexibility index (Phi) is 6.50. The van der Waals surface area contributed by atoms with Gasteiger partial charge in [0.1, 0.15) is 0 Å². The molecule has 1 aromatic rings. The van der Waals surface area contributed by atoms with E-state index in [1.807, 2.05) is 11.9 Å². The fourth-order valence-corrected chi connectivity index (χ4v) is 3.22. The summed E-state index contributed by atoms with van der Waals surface area (Å²) in [6.45, 7) is 0. The number of hydrogen-bond donors (Lipinski definition) is 2. The first-order valence-corrected chi connectivity index (χ1v) is 8.64. The molecule has 0 unspecified atom stereocenters. The Morgan fingerprint density at radius 3 is 2.42 bits per heavy atom. The van der Waals surface area contributed by atoms with Crippen LogP contribution in [0, 0.1) is 0 Å². The fraction of sp³-hybridized carbons (Fsp3) is 0.556. The van der Waals surface area contributed by atoms with E-state index in [0.29, 0.717) is 5.69 Å². The Morgan fingerprint density at radius 1 is 1.19 bits per heavy atom. The van der Waals surface area contributed by atoms with Gasteiger partial charge in [0.15, 0.2) is 0 Å². The topological polar surface area (TPSA) is 69.6 Å². The molecule has 1 aliphatic rings. The minimum atomic E-state index is -4.53. The van der Waals surface area contributed by atoms with Gasteiger partial charge in [-0.25, -0.2) is 0 Å². The second kappa shape index (κ2) is 8.42. The molecule has 0 aliphatic heterocycles. The molecule has 0 saturated heterocycles. The summed E-state index contributed by atoms with van der Waals surface area (Å²) in [5.74, 6) is -1.76. The van der Waals surface area contributed by atoms with Gasteiger partial charge in [-0.2, -0.15) is 13.2 Å². The number of amides is 1. The molecule has 2 rings (SSSR count). The number of rotatable bonds is 6. The van der Waals surface area contributed by atoms with Crippen LogP contribution in [-0.4, -0.2) is 30.1 Å². The first-order valence-electron chi connectivity index (χ1n) is 8.64. The third-order valence-corrected chi connectivity index (χ3v) is 4.67. The third-order valence-electron chi connectivity index (χ3n) is 4.67. The lowest BCUT2D eigenvalue weighted by Crippen LogP contribution is -2.34. The summed E-state index contributed by atoms with van der Waals surface area (Å²) in [6.07, 6.45) is -0.0187. The maximum atomic E-state index is 13.0. The van der Waals surface area contributed by atoms with Gasteiger partial charge in [-0.05, 0) is 31.0 Å². The molecule has 0 atom stereocenters. The number of carbonyl (C=O) groups excluding carboxylic acids is 1. The molecule has 0 spiro atoms. The normalized spacial score (nSPS) is 15.5. The molecule has 0 radical (unpaired) electrons. The zero-order valence-corrected chi connectivity index (χ0v) is 14.6. The number of hydrogen-bond acceptors (Lipinski definition) is 3. The highest BCUT2D eigenvalue weighted by Gasteiger charge is 2.32. The van der Waals surface area contributed by atoms with E-state index in [-0.39, 0.29) is 24.6 Å². The number of nitrogens with one attached hydrogen (secondary N) is 1. The minimum Gasteiger partial charge on any atom is -0.481 e. The van der Waals surface area contributed by atoms with E-state index in [9.17, 15) is 22.8 Å². The Bertz CT molecular complexity index is 656. The highest BCUT2D eigenvalue weighted by molar-refractivity contribution is 5.95. The lowest BCUT2D eigenvalue weighted by atomic mass is 9.94. The van der Waals surface area contributed by atoms with E-state index in [1.54, 1.807) is 0 Å². The molecule has 1 aliphatic carbocycles. The van der Waals surface area contributed by atoms with Gasteiger partial charge in [0.2, 0.25) is 5.91 Å². The van der Waals surface area contributed by atoms with Crippen molar-refractivity contribution >= 4 is 23.3 Å². The molecule has 0 heterocycles. The summed E-state index contributed by atoms with van der Waals surface area (Å²) in [5, 5.41) is 11.1. The van der Waals surface area contributed by atoms with Gasteiger partial charge in [-0.3, -0.25) is 9.59 Å². The average Bonchev–Trinajstić information content (AvgIpc) is 2.59. The highest BCUT2D eigenvalue weighted by Crippen LogP contribution is 2.37. The van der Waals surface area contributed by atoms with Gasteiger partial charge in [-0.1, -0.05) is 19.3 Å². The maximum Gasteiger partial charge on any atom is 0.416 e. The van der Waals surface area contributed by atoms with Crippen LogP contribution in [0.4, 0.5) is 24.5 Å². The second-order valence-electron chi connectivity index (χ2n) is 6.57. The molecular formula is C18H23F3N2O3. The van der Waals surface area contributed by atoms with Gasteiger partial charge in [-0.15, -0.1) is 0 Å². The number of alkyl halides is 3. The van der Waals surface area contributed by atoms with Crippen molar-refractivity contribution < 1.29 is 27.9 Å². The zero-order chi connectivity index (χ0) is 19.3. The van der Waals surface area contributed by atoms with Crippen LogP contribution in [0.25, 0.3) is 0 Å². The summed E-state index contributed by atoms with van der Waals surface area (Å²) < 4.78 is 39.1. The number of benzene rings is 1. The predicted octanol–water partition coefficient (Wildman–Crippen LogP) is 4.28.